The number of carbonyl (C=O) groups excluding carboxylic acids is 1. The van der Waals surface area contributed by atoms with E-state index in [4.69, 9.17) is 4.98 Å². The summed E-state index contributed by atoms with van der Waals surface area (Å²) in [6.45, 7) is 6.23. The van der Waals surface area contributed by atoms with Crippen molar-refractivity contribution in [3.63, 3.8) is 0 Å². The van der Waals surface area contributed by atoms with Crippen LogP contribution in [0.4, 0.5) is 0 Å². The topological polar surface area (TPSA) is 56.0 Å². The van der Waals surface area contributed by atoms with Crippen LogP contribution in [0.2, 0.25) is 0 Å². The van der Waals surface area contributed by atoms with Crippen molar-refractivity contribution in [1.82, 2.24) is 24.2 Å². The summed E-state index contributed by atoms with van der Waals surface area (Å²) >= 11 is 0. The van der Waals surface area contributed by atoms with E-state index in [9.17, 15) is 4.79 Å². The minimum Gasteiger partial charge on any atom is -0.338 e. The van der Waals surface area contributed by atoms with E-state index in [1.54, 1.807) is 0 Å². The molecule has 0 spiro atoms. The monoisotopic (exact) mass is 351 g/mol. The van der Waals surface area contributed by atoms with Crippen molar-refractivity contribution in [2.45, 2.75) is 39.2 Å². The third-order valence-electron chi connectivity index (χ3n) is 5.40. The molecule has 1 aliphatic rings. The van der Waals surface area contributed by atoms with E-state index in [0.717, 1.165) is 54.0 Å². The zero-order valence-corrected chi connectivity index (χ0v) is 15.6. The van der Waals surface area contributed by atoms with Crippen LogP contribution in [-0.2, 0) is 13.6 Å². The minimum atomic E-state index is 0.0886. The van der Waals surface area contributed by atoms with Gasteiger partial charge in [0.15, 0.2) is 0 Å². The molecule has 0 N–H and O–H groups in total. The van der Waals surface area contributed by atoms with E-state index < -0.39 is 0 Å². The number of likely N-dealkylation sites (tertiary alicyclic amines) is 1. The molecule has 1 fully saturated rings. The highest BCUT2D eigenvalue weighted by Crippen LogP contribution is 2.29. The molecule has 6 heteroatoms. The molecule has 4 rings (SSSR count). The summed E-state index contributed by atoms with van der Waals surface area (Å²) in [6, 6.07) is 8.20. The van der Waals surface area contributed by atoms with Crippen molar-refractivity contribution >= 4 is 16.9 Å². The van der Waals surface area contributed by atoms with Gasteiger partial charge in [0.25, 0.3) is 5.91 Å². The molecular weight excluding hydrogens is 326 g/mol. The quantitative estimate of drug-likeness (QED) is 0.728. The fourth-order valence-corrected chi connectivity index (χ4v) is 3.96. The molecule has 1 aliphatic heterocycles. The molecule has 3 aromatic rings. The van der Waals surface area contributed by atoms with Crippen LogP contribution in [0.25, 0.3) is 11.0 Å². The highest BCUT2D eigenvalue weighted by atomic mass is 16.2. The van der Waals surface area contributed by atoms with Crippen LogP contribution < -0.4 is 0 Å². The van der Waals surface area contributed by atoms with Gasteiger partial charge in [-0.1, -0.05) is 12.1 Å². The van der Waals surface area contributed by atoms with Gasteiger partial charge in [-0.05, 0) is 38.8 Å². The number of rotatable bonds is 3. The zero-order chi connectivity index (χ0) is 18.3. The number of carbonyl (C=O) groups is 1. The van der Waals surface area contributed by atoms with Crippen LogP contribution in [-0.4, -0.2) is 43.2 Å². The number of benzene rings is 1. The molecule has 1 amide bonds. The number of aromatic nitrogens is 4. The summed E-state index contributed by atoms with van der Waals surface area (Å²) in [7, 11) is 2.07. The van der Waals surface area contributed by atoms with Crippen molar-refractivity contribution in [2.24, 2.45) is 7.05 Å². The second kappa shape index (κ2) is 6.59. The van der Waals surface area contributed by atoms with Crippen LogP contribution in [0.15, 0.2) is 30.5 Å². The first-order chi connectivity index (χ1) is 12.6. The van der Waals surface area contributed by atoms with E-state index in [-0.39, 0.29) is 11.8 Å². The highest BCUT2D eigenvalue weighted by Gasteiger charge is 2.29. The molecule has 0 saturated carbocycles. The maximum Gasteiger partial charge on any atom is 0.257 e. The van der Waals surface area contributed by atoms with Gasteiger partial charge in [-0.3, -0.25) is 9.48 Å². The van der Waals surface area contributed by atoms with E-state index in [2.05, 4.69) is 22.8 Å². The normalized spacial score (nSPS) is 17.8. The number of amides is 1. The molecule has 0 bridgehead atoms. The van der Waals surface area contributed by atoms with Gasteiger partial charge in [-0.2, -0.15) is 5.10 Å². The van der Waals surface area contributed by atoms with Crippen LogP contribution in [0, 0.1) is 6.92 Å². The first-order valence-electron chi connectivity index (χ1n) is 9.33. The second-order valence-corrected chi connectivity index (χ2v) is 7.09. The summed E-state index contributed by atoms with van der Waals surface area (Å²) in [4.78, 5) is 19.8. The molecule has 1 saturated heterocycles. The molecule has 6 nitrogen and oxygen atoms in total. The number of piperidine rings is 1. The van der Waals surface area contributed by atoms with Crippen molar-refractivity contribution in [3.05, 3.63) is 47.5 Å². The lowest BCUT2D eigenvalue weighted by Crippen LogP contribution is -2.39. The Kier molecular flexibility index (Phi) is 4.26. The zero-order valence-electron chi connectivity index (χ0n) is 15.6. The number of imidazole rings is 1. The SMILES string of the molecule is CCn1cc(C(=O)N2CCCC(c3nc4ccccc4n3C)C2)c(C)n1. The van der Waals surface area contributed by atoms with E-state index in [1.165, 1.54) is 0 Å². The van der Waals surface area contributed by atoms with Crippen LogP contribution >= 0.6 is 0 Å². The standard InChI is InChI=1S/C20H25N5O/c1-4-25-13-16(14(2)22-25)20(26)24-11-7-8-15(12-24)19-21-17-9-5-6-10-18(17)23(19)3/h5-6,9-10,13,15H,4,7-8,11-12H2,1-3H3. The first kappa shape index (κ1) is 16.8. The van der Waals surface area contributed by atoms with Crippen molar-refractivity contribution < 1.29 is 4.79 Å². The molecule has 1 atom stereocenters. The summed E-state index contributed by atoms with van der Waals surface area (Å²) in [5.41, 5.74) is 3.69. The average Bonchev–Trinajstić information content (AvgIpc) is 3.21. The lowest BCUT2D eigenvalue weighted by molar-refractivity contribution is 0.0703. The van der Waals surface area contributed by atoms with E-state index in [0.29, 0.717) is 6.54 Å². The number of fused-ring (bicyclic) bond motifs is 1. The molecule has 136 valence electrons. The Morgan fingerprint density at radius 2 is 2.12 bits per heavy atom. The van der Waals surface area contributed by atoms with E-state index in [1.807, 2.05) is 47.8 Å². The van der Waals surface area contributed by atoms with Gasteiger partial charge < -0.3 is 9.47 Å². The van der Waals surface area contributed by atoms with Gasteiger partial charge in [0.05, 0.1) is 22.3 Å². The van der Waals surface area contributed by atoms with Crippen LogP contribution in [0.1, 0.15) is 47.6 Å². The molecule has 1 unspecified atom stereocenters. The average molecular weight is 351 g/mol. The molecule has 1 aromatic carbocycles. The molecular formula is C20H25N5O. The Morgan fingerprint density at radius 1 is 1.31 bits per heavy atom. The third kappa shape index (κ3) is 2.79. The molecule has 0 aliphatic carbocycles. The Labute approximate surface area is 153 Å². The number of aryl methyl sites for hydroxylation is 3. The summed E-state index contributed by atoms with van der Waals surface area (Å²) < 4.78 is 4.00. The Bertz CT molecular complexity index is 954. The molecule has 3 heterocycles. The fraction of sp³-hybridized carbons (Fsp3) is 0.450. The molecule has 26 heavy (non-hydrogen) atoms. The van der Waals surface area contributed by atoms with Gasteiger partial charge in [-0.25, -0.2) is 4.98 Å². The highest BCUT2D eigenvalue weighted by molar-refractivity contribution is 5.95. The summed E-state index contributed by atoms with van der Waals surface area (Å²) in [6.07, 6.45) is 3.94. The smallest absolute Gasteiger partial charge is 0.257 e. The number of hydrogen-bond acceptors (Lipinski definition) is 3. The Balaban J connectivity index is 1.59. The van der Waals surface area contributed by atoms with Crippen LogP contribution in [0.5, 0.6) is 0 Å². The summed E-state index contributed by atoms with van der Waals surface area (Å²) in [5.74, 6) is 1.43. The summed E-state index contributed by atoms with van der Waals surface area (Å²) in [5, 5.41) is 4.42. The molecule has 0 radical (unpaired) electrons. The van der Waals surface area contributed by atoms with Gasteiger partial charge in [0.2, 0.25) is 0 Å². The number of para-hydroxylation sites is 2. The number of nitrogens with zero attached hydrogens (tertiary/aromatic N) is 5. The predicted octanol–water partition coefficient (Wildman–Crippen LogP) is 3.12. The molecule has 2 aromatic heterocycles. The largest absolute Gasteiger partial charge is 0.338 e. The Morgan fingerprint density at radius 3 is 2.85 bits per heavy atom. The second-order valence-electron chi connectivity index (χ2n) is 7.09. The number of hydrogen-bond donors (Lipinski definition) is 0. The fourth-order valence-electron chi connectivity index (χ4n) is 3.96. The minimum absolute atomic E-state index is 0.0886. The Hall–Kier alpha value is -2.63. The predicted molar refractivity (Wildman–Crippen MR) is 101 cm³/mol. The van der Waals surface area contributed by atoms with Gasteiger partial charge in [-0.15, -0.1) is 0 Å². The van der Waals surface area contributed by atoms with Gasteiger partial charge >= 0.3 is 0 Å². The first-order valence-corrected chi connectivity index (χ1v) is 9.33. The maximum atomic E-state index is 13.0. The lowest BCUT2D eigenvalue weighted by Gasteiger charge is -2.32. The maximum absolute atomic E-state index is 13.0. The third-order valence-corrected chi connectivity index (χ3v) is 5.40. The van der Waals surface area contributed by atoms with Crippen molar-refractivity contribution in [2.75, 3.05) is 13.1 Å². The van der Waals surface area contributed by atoms with Gasteiger partial charge in [0, 0.05) is 38.8 Å². The van der Waals surface area contributed by atoms with E-state index >= 15 is 0 Å². The van der Waals surface area contributed by atoms with Crippen molar-refractivity contribution in [1.29, 1.82) is 0 Å². The lowest BCUT2D eigenvalue weighted by atomic mass is 9.96. The van der Waals surface area contributed by atoms with Crippen LogP contribution in [0.3, 0.4) is 0 Å². The van der Waals surface area contributed by atoms with Gasteiger partial charge in [0.1, 0.15) is 5.82 Å². The van der Waals surface area contributed by atoms with Crippen molar-refractivity contribution in [3.8, 4) is 0 Å².